The normalized spacial score (nSPS) is 11.1. The van der Waals surface area contributed by atoms with Crippen molar-refractivity contribution < 1.29 is 9.13 Å². The van der Waals surface area contributed by atoms with Gasteiger partial charge in [-0.2, -0.15) is 0 Å². The van der Waals surface area contributed by atoms with Crippen LogP contribution in [-0.2, 0) is 6.54 Å². The molecule has 30 heavy (non-hydrogen) atoms. The Morgan fingerprint density at radius 3 is 2.70 bits per heavy atom. The highest BCUT2D eigenvalue weighted by Gasteiger charge is 2.15. The van der Waals surface area contributed by atoms with Gasteiger partial charge in [-0.3, -0.25) is 0 Å². The Kier molecular flexibility index (Phi) is 4.44. The average molecular weight is 400 g/mol. The predicted molar refractivity (Wildman–Crippen MR) is 109 cm³/mol. The zero-order valence-electron chi connectivity index (χ0n) is 16.1. The number of methoxy groups -OCH3 is 1. The summed E-state index contributed by atoms with van der Waals surface area (Å²) in [4.78, 5) is 8.93. The van der Waals surface area contributed by atoms with Crippen molar-refractivity contribution in [2.24, 2.45) is 0 Å². The van der Waals surface area contributed by atoms with E-state index >= 15 is 0 Å². The molecule has 0 radical (unpaired) electrons. The first-order chi connectivity index (χ1) is 14.7. The van der Waals surface area contributed by atoms with Crippen LogP contribution in [0.25, 0.3) is 28.5 Å². The van der Waals surface area contributed by atoms with Gasteiger partial charge in [0.15, 0.2) is 5.82 Å². The summed E-state index contributed by atoms with van der Waals surface area (Å²) < 4.78 is 23.0. The number of rotatable bonds is 5. The molecule has 8 heteroatoms. The van der Waals surface area contributed by atoms with Crippen molar-refractivity contribution in [2.45, 2.75) is 6.54 Å². The number of fused-ring (bicyclic) bond motifs is 1. The van der Waals surface area contributed by atoms with Crippen LogP contribution in [0.1, 0.15) is 5.69 Å². The second-order valence-electron chi connectivity index (χ2n) is 6.77. The van der Waals surface area contributed by atoms with Crippen molar-refractivity contribution in [1.29, 1.82) is 0 Å². The van der Waals surface area contributed by atoms with Crippen LogP contribution >= 0.6 is 0 Å². The number of halogens is 1. The second kappa shape index (κ2) is 7.40. The molecule has 2 aliphatic heterocycles. The van der Waals surface area contributed by atoms with Gasteiger partial charge in [-0.05, 0) is 30.3 Å². The Morgan fingerprint density at radius 2 is 1.83 bits per heavy atom. The first kappa shape index (κ1) is 18.0. The Bertz CT molecular complexity index is 1290. The van der Waals surface area contributed by atoms with E-state index in [2.05, 4.69) is 20.3 Å². The maximum Gasteiger partial charge on any atom is 0.163 e. The lowest BCUT2D eigenvalue weighted by atomic mass is 10.2. The fourth-order valence-corrected chi connectivity index (χ4v) is 3.25. The number of ether oxygens (including phenoxy) is 1. The van der Waals surface area contributed by atoms with Gasteiger partial charge in [0.05, 0.1) is 36.8 Å². The summed E-state index contributed by atoms with van der Waals surface area (Å²) in [6.45, 7) is 0.516. The third-order valence-corrected chi connectivity index (χ3v) is 4.75. The summed E-state index contributed by atoms with van der Waals surface area (Å²) >= 11 is 0. The van der Waals surface area contributed by atoms with Crippen molar-refractivity contribution in [1.82, 2.24) is 29.5 Å². The molecule has 0 N–H and O–H groups in total. The molecule has 0 atom stereocenters. The van der Waals surface area contributed by atoms with E-state index in [0.29, 0.717) is 29.3 Å². The maximum atomic E-state index is 14.0. The zero-order valence-corrected chi connectivity index (χ0v) is 16.1. The summed E-state index contributed by atoms with van der Waals surface area (Å²) in [5, 5.41) is 8.46. The van der Waals surface area contributed by atoms with E-state index in [4.69, 9.17) is 4.74 Å². The maximum absolute atomic E-state index is 14.0. The number of hydrogen-bond donors (Lipinski definition) is 0. The minimum atomic E-state index is -0.338. The van der Waals surface area contributed by atoms with Gasteiger partial charge < -0.3 is 9.30 Å². The number of nitrogens with zero attached hydrogens (tertiary/aromatic N) is 6. The monoisotopic (exact) mass is 400 g/mol. The van der Waals surface area contributed by atoms with Crippen molar-refractivity contribution in [3.8, 4) is 34.2 Å². The van der Waals surface area contributed by atoms with E-state index in [1.165, 1.54) is 6.07 Å². The zero-order chi connectivity index (χ0) is 20.5. The summed E-state index contributed by atoms with van der Waals surface area (Å²) in [5.41, 5.74) is 3.45. The van der Waals surface area contributed by atoms with E-state index in [1.807, 2.05) is 53.5 Å². The predicted octanol–water partition coefficient (Wildman–Crippen LogP) is 3.83. The highest BCUT2D eigenvalue weighted by molar-refractivity contribution is 5.65. The Labute approximate surface area is 171 Å². The molecule has 0 bridgehead atoms. The van der Waals surface area contributed by atoms with Crippen LogP contribution in [0.5, 0.6) is 5.75 Å². The molecular formula is C22H17FN6O. The molecule has 0 spiro atoms. The molecule has 0 saturated carbocycles. The van der Waals surface area contributed by atoms with E-state index < -0.39 is 0 Å². The second-order valence-corrected chi connectivity index (χ2v) is 6.77. The third kappa shape index (κ3) is 3.39. The largest absolute Gasteiger partial charge is 0.497 e. The highest BCUT2D eigenvalue weighted by Crippen LogP contribution is 2.26. The molecule has 5 rings (SSSR count). The van der Waals surface area contributed by atoms with Crippen LogP contribution < -0.4 is 4.74 Å². The fraction of sp³-hybridized carbons (Fsp3) is 0.0909. The summed E-state index contributed by atoms with van der Waals surface area (Å²) in [7, 11) is 1.63. The van der Waals surface area contributed by atoms with Gasteiger partial charge in [-0.15, -0.1) is 5.10 Å². The van der Waals surface area contributed by atoms with Crippen molar-refractivity contribution in [2.75, 3.05) is 7.11 Å². The lowest BCUT2D eigenvalue weighted by Gasteiger charge is -2.05. The molecular weight excluding hydrogens is 383 g/mol. The minimum Gasteiger partial charge on any atom is -0.497 e. The quantitative estimate of drug-likeness (QED) is 0.448. The van der Waals surface area contributed by atoms with Gasteiger partial charge in [-0.1, -0.05) is 23.4 Å². The number of benzene rings is 2. The summed E-state index contributed by atoms with van der Waals surface area (Å²) in [6, 6.07) is 16.0. The summed E-state index contributed by atoms with van der Waals surface area (Å²) in [6.07, 6.45) is 5.64. The van der Waals surface area contributed by atoms with Gasteiger partial charge in [0.25, 0.3) is 0 Å². The van der Waals surface area contributed by atoms with Crippen molar-refractivity contribution in [3.63, 3.8) is 0 Å². The molecule has 0 fully saturated rings. The standard InChI is InChI=1S/C22H17FN6O/c1-30-17-6-4-5-16(11-17)29-13-15(26-27-29)12-28-10-9-20-21(14-28)25-22(24-20)18-7-2-3-8-19(18)23/h2-11,13-14H,12H2,1H3. The first-order valence-corrected chi connectivity index (χ1v) is 9.34. The SMILES string of the molecule is COc1cccc(-n2cc(Cn3ccc4nc(-c5ccccc5F)nc-4c3)nn2)c1. The van der Waals surface area contributed by atoms with Gasteiger partial charge in [-0.25, -0.2) is 19.0 Å². The lowest BCUT2D eigenvalue weighted by Crippen LogP contribution is -2.01. The van der Waals surface area contributed by atoms with E-state index in [1.54, 1.807) is 30.0 Å². The molecule has 2 aromatic carbocycles. The van der Waals surface area contributed by atoms with E-state index in [9.17, 15) is 4.39 Å². The van der Waals surface area contributed by atoms with Crippen molar-refractivity contribution >= 4 is 0 Å². The van der Waals surface area contributed by atoms with Gasteiger partial charge >= 0.3 is 0 Å². The Balaban J connectivity index is 1.40. The van der Waals surface area contributed by atoms with E-state index in [-0.39, 0.29) is 5.82 Å². The number of hydrogen-bond acceptors (Lipinski definition) is 5. The molecule has 148 valence electrons. The highest BCUT2D eigenvalue weighted by atomic mass is 19.1. The Hall–Kier alpha value is -4.07. The van der Waals surface area contributed by atoms with Gasteiger partial charge in [0.1, 0.15) is 23.0 Å². The summed E-state index contributed by atoms with van der Waals surface area (Å²) in [5.74, 6) is 0.796. The van der Waals surface area contributed by atoms with Crippen LogP contribution in [-0.4, -0.2) is 36.6 Å². The van der Waals surface area contributed by atoms with Crippen LogP contribution in [0.15, 0.2) is 73.2 Å². The average Bonchev–Trinajstić information content (AvgIpc) is 3.41. The molecule has 0 unspecified atom stereocenters. The third-order valence-electron chi connectivity index (χ3n) is 4.75. The van der Waals surface area contributed by atoms with E-state index in [0.717, 1.165) is 17.1 Å². The van der Waals surface area contributed by atoms with Crippen LogP contribution in [0.4, 0.5) is 4.39 Å². The lowest BCUT2D eigenvalue weighted by molar-refractivity contribution is 0.414. The Morgan fingerprint density at radius 1 is 0.967 bits per heavy atom. The van der Waals surface area contributed by atoms with Crippen LogP contribution in [0.3, 0.4) is 0 Å². The molecule has 3 heterocycles. The topological polar surface area (TPSA) is 70.7 Å². The minimum absolute atomic E-state index is 0.338. The van der Waals surface area contributed by atoms with Gasteiger partial charge in [0, 0.05) is 18.5 Å². The smallest absolute Gasteiger partial charge is 0.163 e. The molecule has 0 aliphatic carbocycles. The van der Waals surface area contributed by atoms with Crippen LogP contribution in [0.2, 0.25) is 0 Å². The number of imidazole rings is 1. The van der Waals surface area contributed by atoms with Crippen LogP contribution in [0, 0.1) is 5.82 Å². The molecule has 0 saturated heterocycles. The molecule has 0 amide bonds. The number of aromatic nitrogens is 6. The number of pyridine rings is 1. The molecule has 7 nitrogen and oxygen atoms in total. The van der Waals surface area contributed by atoms with Crippen molar-refractivity contribution in [3.05, 3.63) is 84.7 Å². The van der Waals surface area contributed by atoms with Gasteiger partial charge in [0.2, 0.25) is 0 Å². The molecule has 1 aromatic heterocycles. The molecule has 2 aliphatic rings. The molecule has 3 aromatic rings. The first-order valence-electron chi connectivity index (χ1n) is 9.34. The fourth-order valence-electron chi connectivity index (χ4n) is 3.25.